The first-order valence-electron chi connectivity index (χ1n) is 11.3. The van der Waals surface area contributed by atoms with Crippen LogP contribution >= 0.6 is 23.4 Å². The predicted molar refractivity (Wildman–Crippen MR) is 139 cm³/mol. The molecule has 0 aromatic heterocycles. The van der Waals surface area contributed by atoms with Crippen LogP contribution < -0.4 is 9.47 Å². The summed E-state index contributed by atoms with van der Waals surface area (Å²) in [7, 11) is 0. The van der Waals surface area contributed by atoms with E-state index in [1.54, 1.807) is 31.2 Å². The Kier molecular flexibility index (Phi) is 8.17. The number of nitro benzene ring substituents is 1. The second-order valence-corrected chi connectivity index (χ2v) is 9.44. The Morgan fingerprint density at radius 1 is 1.05 bits per heavy atom. The van der Waals surface area contributed by atoms with E-state index in [1.165, 1.54) is 24.3 Å². The Labute approximate surface area is 229 Å². The summed E-state index contributed by atoms with van der Waals surface area (Å²) >= 11 is 6.91. The van der Waals surface area contributed by atoms with Crippen molar-refractivity contribution in [3.05, 3.63) is 97.4 Å². The van der Waals surface area contributed by atoms with Crippen molar-refractivity contribution in [1.29, 1.82) is 0 Å². The lowest BCUT2D eigenvalue weighted by Gasteiger charge is -2.14. The van der Waals surface area contributed by atoms with E-state index in [0.29, 0.717) is 28.3 Å². The molecule has 8 nitrogen and oxygen atoms in total. The average molecular weight is 579 g/mol. The number of halogens is 4. The fourth-order valence-electron chi connectivity index (χ4n) is 3.59. The molecule has 0 saturated carbocycles. The number of hydrogen-bond acceptors (Lipinski definition) is 7. The van der Waals surface area contributed by atoms with E-state index in [4.69, 9.17) is 21.1 Å². The third-order valence-electron chi connectivity index (χ3n) is 5.43. The maximum absolute atomic E-state index is 13.0. The molecule has 1 aliphatic rings. The van der Waals surface area contributed by atoms with E-state index in [2.05, 4.69) is 0 Å². The first-order chi connectivity index (χ1) is 18.5. The Bertz CT molecular complexity index is 1490. The van der Waals surface area contributed by atoms with Crippen molar-refractivity contribution in [2.24, 2.45) is 0 Å². The lowest BCUT2D eigenvalue weighted by molar-refractivity contribution is -0.385. The van der Waals surface area contributed by atoms with Crippen molar-refractivity contribution >= 4 is 46.3 Å². The Morgan fingerprint density at radius 3 is 2.44 bits per heavy atom. The molecule has 0 spiro atoms. The maximum atomic E-state index is 13.0. The molecule has 3 aromatic rings. The minimum atomic E-state index is -4.77. The molecular weight excluding hydrogens is 561 g/mol. The van der Waals surface area contributed by atoms with Gasteiger partial charge in [0.2, 0.25) is 5.75 Å². The predicted octanol–water partition coefficient (Wildman–Crippen LogP) is 7.69. The van der Waals surface area contributed by atoms with Gasteiger partial charge in [0, 0.05) is 11.1 Å². The van der Waals surface area contributed by atoms with Gasteiger partial charge in [-0.2, -0.15) is 13.2 Å². The molecule has 1 fully saturated rings. The van der Waals surface area contributed by atoms with E-state index >= 15 is 0 Å². The molecule has 0 radical (unpaired) electrons. The number of alkyl halides is 3. The van der Waals surface area contributed by atoms with Crippen LogP contribution in [0.25, 0.3) is 6.08 Å². The number of ether oxygens (including phenoxy) is 2. The van der Waals surface area contributed by atoms with Gasteiger partial charge in [-0.25, -0.2) is 0 Å². The summed E-state index contributed by atoms with van der Waals surface area (Å²) in [5.41, 5.74) is -0.995. The molecule has 1 heterocycles. The molecule has 1 aliphatic heterocycles. The number of nitro groups is 1. The number of carbonyl (C=O) groups is 2. The van der Waals surface area contributed by atoms with Gasteiger partial charge in [-0.3, -0.25) is 24.6 Å². The molecule has 3 aromatic carbocycles. The molecule has 4 rings (SSSR count). The highest BCUT2D eigenvalue weighted by Crippen LogP contribution is 2.41. The van der Waals surface area contributed by atoms with E-state index in [-0.39, 0.29) is 29.6 Å². The standard InChI is InChI=1S/C26H18ClF3N2O6S/c1-2-37-22-11-15(12-23-24(33)31(25(34)39-23)14-16-5-3-4-6-18(16)27)7-9-21(22)38-20-10-8-17(26(28,29)30)13-19(20)32(35)36/h3-13H,2,14H2,1H3/b23-12+. The maximum Gasteiger partial charge on any atom is 0.416 e. The molecule has 0 N–H and O–H groups in total. The van der Waals surface area contributed by atoms with Crippen molar-refractivity contribution in [3.8, 4) is 17.2 Å². The lowest BCUT2D eigenvalue weighted by atomic mass is 10.1. The molecule has 0 atom stereocenters. The van der Waals surface area contributed by atoms with Crippen LogP contribution in [-0.4, -0.2) is 27.6 Å². The van der Waals surface area contributed by atoms with E-state index in [1.807, 2.05) is 0 Å². The number of carbonyl (C=O) groups excluding carboxylic acids is 2. The fourth-order valence-corrected chi connectivity index (χ4v) is 4.63. The van der Waals surface area contributed by atoms with Gasteiger partial charge < -0.3 is 9.47 Å². The summed E-state index contributed by atoms with van der Waals surface area (Å²) in [5.74, 6) is -0.801. The van der Waals surface area contributed by atoms with Crippen molar-refractivity contribution < 1.29 is 37.2 Å². The van der Waals surface area contributed by atoms with Gasteiger partial charge in [-0.15, -0.1) is 0 Å². The molecule has 202 valence electrons. The summed E-state index contributed by atoms with van der Waals surface area (Å²) in [6.45, 7) is 1.85. The molecule has 39 heavy (non-hydrogen) atoms. The molecule has 0 unspecified atom stereocenters. The zero-order valence-electron chi connectivity index (χ0n) is 20.0. The van der Waals surface area contributed by atoms with E-state index in [9.17, 15) is 32.9 Å². The number of thioether (sulfide) groups is 1. The van der Waals surface area contributed by atoms with Gasteiger partial charge >= 0.3 is 11.9 Å². The highest BCUT2D eigenvalue weighted by molar-refractivity contribution is 8.18. The molecule has 13 heteroatoms. The highest BCUT2D eigenvalue weighted by Gasteiger charge is 2.36. The van der Waals surface area contributed by atoms with Crippen molar-refractivity contribution in [1.82, 2.24) is 4.90 Å². The first-order valence-corrected chi connectivity index (χ1v) is 12.5. The summed E-state index contributed by atoms with van der Waals surface area (Å²) in [4.78, 5) is 37.1. The molecular formula is C26H18ClF3N2O6S. The van der Waals surface area contributed by atoms with Gasteiger partial charge in [0.25, 0.3) is 11.1 Å². The number of amides is 2. The van der Waals surface area contributed by atoms with Gasteiger partial charge in [0.15, 0.2) is 11.5 Å². The van der Waals surface area contributed by atoms with Crippen molar-refractivity contribution in [3.63, 3.8) is 0 Å². The number of nitrogens with zero attached hydrogens (tertiary/aromatic N) is 2. The number of rotatable bonds is 8. The second kappa shape index (κ2) is 11.4. The summed E-state index contributed by atoms with van der Waals surface area (Å²) in [6.07, 6.45) is -3.29. The normalized spacial score (nSPS) is 14.7. The second-order valence-electron chi connectivity index (χ2n) is 8.04. The lowest BCUT2D eigenvalue weighted by Crippen LogP contribution is -2.27. The third kappa shape index (κ3) is 6.35. The highest BCUT2D eigenvalue weighted by atomic mass is 35.5. The monoisotopic (exact) mass is 578 g/mol. The summed E-state index contributed by atoms with van der Waals surface area (Å²) in [5, 5.41) is 11.4. The quantitative estimate of drug-likeness (QED) is 0.153. The van der Waals surface area contributed by atoms with Crippen LogP contribution in [0.1, 0.15) is 23.6 Å². The van der Waals surface area contributed by atoms with Crippen LogP contribution in [-0.2, 0) is 17.5 Å². The topological polar surface area (TPSA) is 99.0 Å². The number of hydrogen-bond donors (Lipinski definition) is 0. The molecule has 0 aliphatic carbocycles. The SMILES string of the molecule is CCOc1cc(/C=C2/SC(=O)N(Cc3ccccc3Cl)C2=O)ccc1Oc1ccc(C(F)(F)F)cc1[N+](=O)[O-]. The zero-order chi connectivity index (χ0) is 28.3. The van der Waals surface area contributed by atoms with E-state index in [0.717, 1.165) is 22.7 Å². The average Bonchev–Trinajstić information content (AvgIpc) is 3.13. The Morgan fingerprint density at radius 2 is 1.77 bits per heavy atom. The summed E-state index contributed by atoms with van der Waals surface area (Å²) < 4.78 is 50.2. The van der Waals surface area contributed by atoms with Gasteiger partial charge in [-0.1, -0.05) is 35.9 Å². The Hall–Kier alpha value is -4.03. The van der Waals surface area contributed by atoms with Gasteiger partial charge in [0.1, 0.15) is 0 Å². The smallest absolute Gasteiger partial charge is 0.416 e. The van der Waals surface area contributed by atoms with Crippen molar-refractivity contribution in [2.45, 2.75) is 19.6 Å². The van der Waals surface area contributed by atoms with Crippen LogP contribution in [0.3, 0.4) is 0 Å². The van der Waals surface area contributed by atoms with Crippen LogP contribution in [0.2, 0.25) is 5.02 Å². The zero-order valence-corrected chi connectivity index (χ0v) is 21.6. The van der Waals surface area contributed by atoms with Crippen LogP contribution in [0.4, 0.5) is 23.7 Å². The van der Waals surface area contributed by atoms with Crippen LogP contribution in [0.15, 0.2) is 65.6 Å². The molecule has 2 amide bonds. The van der Waals surface area contributed by atoms with Crippen LogP contribution in [0.5, 0.6) is 17.2 Å². The van der Waals surface area contributed by atoms with E-state index < -0.39 is 39.2 Å². The Balaban J connectivity index is 1.60. The third-order valence-corrected chi connectivity index (χ3v) is 6.70. The van der Waals surface area contributed by atoms with Crippen molar-refractivity contribution in [2.75, 3.05) is 6.61 Å². The number of imide groups is 1. The molecule has 0 bridgehead atoms. The summed E-state index contributed by atoms with van der Waals surface area (Å²) in [6, 6.07) is 13.2. The number of benzene rings is 3. The first kappa shape index (κ1) is 28.0. The van der Waals surface area contributed by atoms with Crippen LogP contribution in [0, 0.1) is 10.1 Å². The largest absolute Gasteiger partial charge is 0.490 e. The fraction of sp³-hybridized carbons (Fsp3) is 0.154. The minimum absolute atomic E-state index is 0.00341. The van der Waals surface area contributed by atoms with Gasteiger partial charge in [0.05, 0.1) is 28.5 Å². The molecule has 1 saturated heterocycles. The minimum Gasteiger partial charge on any atom is -0.490 e. The van der Waals surface area contributed by atoms with Gasteiger partial charge in [-0.05, 0) is 66.2 Å².